The van der Waals surface area contributed by atoms with Crippen LogP contribution in [0.2, 0.25) is 0 Å². The average Bonchev–Trinajstić information content (AvgIpc) is 2.89. The van der Waals surface area contributed by atoms with E-state index in [1.165, 1.54) is 25.0 Å². The van der Waals surface area contributed by atoms with Crippen LogP contribution in [-0.2, 0) is 11.2 Å². The topological polar surface area (TPSA) is 55.1 Å². The van der Waals surface area contributed by atoms with E-state index in [1.54, 1.807) is 12.1 Å². The molecule has 104 valence electrons. The molecule has 1 unspecified atom stereocenters. The van der Waals surface area contributed by atoms with E-state index in [0.717, 1.165) is 12.8 Å². The summed E-state index contributed by atoms with van der Waals surface area (Å²) in [5, 5.41) is 2.99. The van der Waals surface area contributed by atoms with Crippen LogP contribution in [0.3, 0.4) is 0 Å². The first-order valence-electron chi connectivity index (χ1n) is 6.93. The van der Waals surface area contributed by atoms with Gasteiger partial charge in [-0.15, -0.1) is 0 Å². The Balaban J connectivity index is 1.89. The quantitative estimate of drug-likeness (QED) is 0.854. The third-order valence-corrected chi connectivity index (χ3v) is 3.82. The second kappa shape index (κ2) is 6.66. The summed E-state index contributed by atoms with van der Waals surface area (Å²) < 4.78 is 13.0. The molecule has 0 saturated heterocycles. The van der Waals surface area contributed by atoms with Gasteiger partial charge in [0.25, 0.3) is 0 Å². The molecule has 1 aromatic carbocycles. The van der Waals surface area contributed by atoms with E-state index in [1.807, 2.05) is 0 Å². The Bertz CT molecular complexity index is 430. The van der Waals surface area contributed by atoms with Gasteiger partial charge in [0.2, 0.25) is 5.91 Å². The maximum atomic E-state index is 13.0. The minimum Gasteiger partial charge on any atom is -0.352 e. The van der Waals surface area contributed by atoms with Crippen LogP contribution in [-0.4, -0.2) is 18.5 Å². The molecule has 1 fully saturated rings. The second-order valence-electron chi connectivity index (χ2n) is 5.26. The molecule has 1 atom stereocenters. The number of amides is 1. The molecule has 0 bridgehead atoms. The van der Waals surface area contributed by atoms with Gasteiger partial charge in [-0.3, -0.25) is 4.79 Å². The molecular weight excluding hydrogens is 243 g/mol. The summed E-state index contributed by atoms with van der Waals surface area (Å²) in [4.78, 5) is 12.0. The number of halogens is 1. The molecule has 4 heteroatoms. The minimum atomic E-state index is -0.309. The lowest BCUT2D eigenvalue weighted by molar-refractivity contribution is -0.121. The SMILES string of the molecule is NCC(NC(=O)Cc1cccc(F)c1)C1CCCC1. The Morgan fingerprint density at radius 1 is 1.42 bits per heavy atom. The maximum absolute atomic E-state index is 13.0. The first-order valence-corrected chi connectivity index (χ1v) is 6.93. The highest BCUT2D eigenvalue weighted by molar-refractivity contribution is 5.78. The maximum Gasteiger partial charge on any atom is 0.224 e. The number of nitrogens with two attached hydrogens (primary N) is 1. The van der Waals surface area contributed by atoms with Crippen LogP contribution < -0.4 is 11.1 Å². The summed E-state index contributed by atoms with van der Waals surface area (Å²) in [6, 6.07) is 6.21. The lowest BCUT2D eigenvalue weighted by Crippen LogP contribution is -2.45. The van der Waals surface area contributed by atoms with E-state index in [0.29, 0.717) is 18.0 Å². The Morgan fingerprint density at radius 3 is 2.79 bits per heavy atom. The van der Waals surface area contributed by atoms with Gasteiger partial charge in [-0.05, 0) is 36.5 Å². The number of rotatable bonds is 5. The Morgan fingerprint density at radius 2 is 2.16 bits per heavy atom. The molecule has 0 aromatic heterocycles. The summed E-state index contributed by atoms with van der Waals surface area (Å²) in [5.41, 5.74) is 6.44. The Kier molecular flexibility index (Phi) is 4.91. The second-order valence-corrected chi connectivity index (χ2v) is 5.26. The van der Waals surface area contributed by atoms with Crippen molar-refractivity contribution in [1.29, 1.82) is 0 Å². The summed E-state index contributed by atoms with van der Waals surface area (Å²) in [6.45, 7) is 0.472. The van der Waals surface area contributed by atoms with Crippen LogP contribution >= 0.6 is 0 Å². The van der Waals surface area contributed by atoms with Crippen LogP contribution in [0.5, 0.6) is 0 Å². The van der Waals surface area contributed by atoms with E-state index in [2.05, 4.69) is 5.32 Å². The van der Waals surface area contributed by atoms with Crippen molar-refractivity contribution < 1.29 is 9.18 Å². The van der Waals surface area contributed by atoms with Gasteiger partial charge in [0.1, 0.15) is 5.82 Å². The van der Waals surface area contributed by atoms with Crippen molar-refractivity contribution in [2.75, 3.05) is 6.54 Å². The Labute approximate surface area is 113 Å². The Hall–Kier alpha value is -1.42. The van der Waals surface area contributed by atoms with Gasteiger partial charge in [-0.1, -0.05) is 25.0 Å². The highest BCUT2D eigenvalue weighted by atomic mass is 19.1. The van der Waals surface area contributed by atoms with E-state index in [9.17, 15) is 9.18 Å². The molecule has 1 aliphatic carbocycles. The van der Waals surface area contributed by atoms with Crippen LogP contribution in [0.1, 0.15) is 31.2 Å². The first-order chi connectivity index (χ1) is 9.19. The zero-order valence-corrected chi connectivity index (χ0v) is 11.1. The molecule has 0 heterocycles. The van der Waals surface area contributed by atoms with E-state index < -0.39 is 0 Å². The van der Waals surface area contributed by atoms with Gasteiger partial charge in [-0.2, -0.15) is 0 Å². The molecule has 19 heavy (non-hydrogen) atoms. The van der Waals surface area contributed by atoms with Gasteiger partial charge in [0.15, 0.2) is 0 Å². The predicted octanol–water partition coefficient (Wildman–Crippen LogP) is 2.00. The van der Waals surface area contributed by atoms with E-state index >= 15 is 0 Å². The fourth-order valence-corrected chi connectivity index (χ4v) is 2.82. The van der Waals surface area contributed by atoms with Crippen molar-refractivity contribution >= 4 is 5.91 Å². The molecule has 0 aliphatic heterocycles. The van der Waals surface area contributed by atoms with Crippen molar-refractivity contribution in [3.05, 3.63) is 35.6 Å². The number of carbonyl (C=O) groups excluding carboxylic acids is 1. The van der Waals surface area contributed by atoms with Gasteiger partial charge in [-0.25, -0.2) is 4.39 Å². The van der Waals surface area contributed by atoms with Gasteiger partial charge in [0, 0.05) is 12.6 Å². The van der Waals surface area contributed by atoms with Crippen LogP contribution in [0.15, 0.2) is 24.3 Å². The molecule has 2 rings (SSSR count). The number of benzene rings is 1. The molecule has 1 amide bonds. The summed E-state index contributed by atoms with van der Waals surface area (Å²) >= 11 is 0. The molecule has 3 nitrogen and oxygen atoms in total. The third kappa shape index (κ3) is 4.03. The zero-order valence-electron chi connectivity index (χ0n) is 11.1. The fourth-order valence-electron chi connectivity index (χ4n) is 2.82. The van der Waals surface area contributed by atoms with E-state index in [-0.39, 0.29) is 24.2 Å². The third-order valence-electron chi connectivity index (χ3n) is 3.82. The normalized spacial score (nSPS) is 17.4. The molecule has 0 spiro atoms. The van der Waals surface area contributed by atoms with Gasteiger partial charge < -0.3 is 11.1 Å². The lowest BCUT2D eigenvalue weighted by Gasteiger charge is -2.23. The van der Waals surface area contributed by atoms with E-state index in [4.69, 9.17) is 5.73 Å². The monoisotopic (exact) mass is 264 g/mol. The number of hydrogen-bond donors (Lipinski definition) is 2. The smallest absolute Gasteiger partial charge is 0.224 e. The number of hydrogen-bond acceptors (Lipinski definition) is 2. The summed E-state index contributed by atoms with van der Waals surface area (Å²) in [6.07, 6.45) is 4.94. The lowest BCUT2D eigenvalue weighted by atomic mass is 9.98. The molecule has 1 saturated carbocycles. The highest BCUT2D eigenvalue weighted by Crippen LogP contribution is 2.27. The minimum absolute atomic E-state index is 0.0589. The van der Waals surface area contributed by atoms with Crippen molar-refractivity contribution in [3.8, 4) is 0 Å². The first kappa shape index (κ1) is 14.0. The van der Waals surface area contributed by atoms with Crippen LogP contribution in [0.4, 0.5) is 4.39 Å². The summed E-state index contributed by atoms with van der Waals surface area (Å²) in [7, 11) is 0. The molecular formula is C15H21FN2O. The average molecular weight is 264 g/mol. The molecule has 0 radical (unpaired) electrons. The van der Waals surface area contributed by atoms with Crippen molar-refractivity contribution in [1.82, 2.24) is 5.32 Å². The molecule has 1 aromatic rings. The highest BCUT2D eigenvalue weighted by Gasteiger charge is 2.25. The van der Waals surface area contributed by atoms with Gasteiger partial charge >= 0.3 is 0 Å². The van der Waals surface area contributed by atoms with Gasteiger partial charge in [0.05, 0.1) is 6.42 Å². The largest absolute Gasteiger partial charge is 0.352 e. The van der Waals surface area contributed by atoms with Crippen LogP contribution in [0.25, 0.3) is 0 Å². The van der Waals surface area contributed by atoms with Crippen molar-refractivity contribution in [2.45, 2.75) is 38.1 Å². The molecule has 3 N–H and O–H groups in total. The van der Waals surface area contributed by atoms with Crippen LogP contribution in [0, 0.1) is 11.7 Å². The van der Waals surface area contributed by atoms with Crippen molar-refractivity contribution in [3.63, 3.8) is 0 Å². The van der Waals surface area contributed by atoms with Crippen molar-refractivity contribution in [2.24, 2.45) is 11.7 Å². The fraction of sp³-hybridized carbons (Fsp3) is 0.533. The molecule has 1 aliphatic rings. The zero-order chi connectivity index (χ0) is 13.7. The number of carbonyl (C=O) groups is 1. The number of nitrogens with one attached hydrogen (secondary N) is 1. The predicted molar refractivity (Wildman–Crippen MR) is 73.0 cm³/mol. The standard InChI is InChI=1S/C15H21FN2O/c16-13-7-3-4-11(8-13)9-15(19)18-14(10-17)12-5-1-2-6-12/h3-4,7-8,12,14H,1-2,5-6,9-10,17H2,(H,18,19). The summed E-state index contributed by atoms with van der Waals surface area (Å²) in [5.74, 6) is 0.117.